The van der Waals surface area contributed by atoms with E-state index in [0.29, 0.717) is 13.0 Å². The van der Waals surface area contributed by atoms with Gasteiger partial charge in [-0.15, -0.1) is 0 Å². The van der Waals surface area contributed by atoms with E-state index >= 15 is 0 Å². The molecule has 7 nitrogen and oxygen atoms in total. The molecule has 1 aromatic heterocycles. The Morgan fingerprint density at radius 2 is 2.10 bits per heavy atom. The first-order valence-electron chi connectivity index (χ1n) is 10.2. The maximum Gasteiger partial charge on any atom is 0.338 e. The maximum atomic E-state index is 13.3. The minimum absolute atomic E-state index is 0.00330. The quantitative estimate of drug-likeness (QED) is 0.469. The molecular formula is C22H28N2O5S. The molecule has 0 radical (unpaired) electrons. The van der Waals surface area contributed by atoms with Crippen molar-refractivity contribution in [3.05, 3.63) is 53.9 Å². The molecule has 0 bridgehead atoms. The molecule has 0 N–H and O–H groups in total. The second-order valence-electron chi connectivity index (χ2n) is 7.43. The molecule has 1 aromatic carbocycles. The number of pyridine rings is 1. The van der Waals surface area contributed by atoms with Gasteiger partial charge >= 0.3 is 5.97 Å². The van der Waals surface area contributed by atoms with E-state index < -0.39 is 16.0 Å². The number of hydrogen-bond acceptors (Lipinski definition) is 6. The number of aryl methyl sites for hydroxylation is 1. The summed E-state index contributed by atoms with van der Waals surface area (Å²) in [6, 6.07) is 8.14. The number of carbonyl (C=O) groups excluding carboxylic acids is 1. The zero-order valence-corrected chi connectivity index (χ0v) is 18.2. The first kappa shape index (κ1) is 22.2. The van der Waals surface area contributed by atoms with Crippen molar-refractivity contribution in [3.63, 3.8) is 0 Å². The van der Waals surface area contributed by atoms with Crippen LogP contribution in [0.3, 0.4) is 0 Å². The number of nitrogens with zero attached hydrogens (tertiary/aromatic N) is 2. The summed E-state index contributed by atoms with van der Waals surface area (Å²) in [4.78, 5) is 16.6. The SMILES string of the molecule is COc1ccc(C(=O)OCCCc2cccnc2)cc1S(=O)(=O)N1CCCCC1C. The molecule has 1 aliphatic rings. The van der Waals surface area contributed by atoms with E-state index in [0.717, 1.165) is 31.2 Å². The third-order valence-corrected chi connectivity index (χ3v) is 7.33. The number of esters is 1. The highest BCUT2D eigenvalue weighted by Gasteiger charge is 2.33. The Labute approximate surface area is 178 Å². The molecule has 1 saturated heterocycles. The van der Waals surface area contributed by atoms with Gasteiger partial charge in [0.2, 0.25) is 10.0 Å². The molecule has 8 heteroatoms. The van der Waals surface area contributed by atoms with Crippen molar-refractivity contribution in [1.82, 2.24) is 9.29 Å². The number of methoxy groups -OCH3 is 1. The van der Waals surface area contributed by atoms with Gasteiger partial charge in [-0.1, -0.05) is 12.5 Å². The summed E-state index contributed by atoms with van der Waals surface area (Å²) in [6.45, 7) is 2.62. The first-order valence-corrected chi connectivity index (χ1v) is 11.6. The molecule has 1 atom stereocenters. The van der Waals surface area contributed by atoms with Gasteiger partial charge in [0, 0.05) is 25.0 Å². The molecule has 3 rings (SSSR count). The number of piperidine rings is 1. The fourth-order valence-corrected chi connectivity index (χ4v) is 5.51. The lowest BCUT2D eigenvalue weighted by Gasteiger charge is -2.32. The second-order valence-corrected chi connectivity index (χ2v) is 9.29. The Hall–Kier alpha value is -2.45. The third kappa shape index (κ3) is 5.17. The van der Waals surface area contributed by atoms with Crippen LogP contribution in [0, 0.1) is 0 Å². The number of sulfonamides is 1. The molecule has 30 heavy (non-hydrogen) atoms. The zero-order chi connectivity index (χ0) is 21.6. The van der Waals surface area contributed by atoms with Gasteiger partial charge in [0.15, 0.2) is 0 Å². The average molecular weight is 433 g/mol. The van der Waals surface area contributed by atoms with Crippen molar-refractivity contribution in [1.29, 1.82) is 0 Å². The van der Waals surface area contributed by atoms with Crippen LogP contribution in [0.4, 0.5) is 0 Å². The highest BCUT2D eigenvalue weighted by atomic mass is 32.2. The molecule has 0 aliphatic carbocycles. The minimum Gasteiger partial charge on any atom is -0.495 e. The molecule has 2 aromatic rings. The lowest BCUT2D eigenvalue weighted by atomic mass is 10.1. The second kappa shape index (κ2) is 10.0. The molecular weight excluding hydrogens is 404 g/mol. The third-order valence-electron chi connectivity index (χ3n) is 5.29. The number of hydrogen-bond donors (Lipinski definition) is 0. The number of carbonyl (C=O) groups is 1. The summed E-state index contributed by atoms with van der Waals surface area (Å²) >= 11 is 0. The summed E-state index contributed by atoms with van der Waals surface area (Å²) in [7, 11) is -2.36. The highest BCUT2D eigenvalue weighted by Crippen LogP contribution is 2.31. The van der Waals surface area contributed by atoms with Gasteiger partial charge in [-0.3, -0.25) is 4.98 Å². The van der Waals surface area contributed by atoms with Crippen molar-refractivity contribution in [2.75, 3.05) is 20.3 Å². The van der Waals surface area contributed by atoms with E-state index in [9.17, 15) is 13.2 Å². The molecule has 0 spiro atoms. The van der Waals surface area contributed by atoms with Gasteiger partial charge < -0.3 is 9.47 Å². The molecule has 1 aliphatic heterocycles. The number of rotatable bonds is 8. The van der Waals surface area contributed by atoms with E-state index in [1.807, 2.05) is 19.1 Å². The van der Waals surface area contributed by atoms with Crippen molar-refractivity contribution in [2.24, 2.45) is 0 Å². The molecule has 162 valence electrons. The Bertz CT molecular complexity index is 963. The van der Waals surface area contributed by atoms with E-state index in [-0.39, 0.29) is 28.9 Å². The van der Waals surface area contributed by atoms with Gasteiger partial charge in [0.05, 0.1) is 19.3 Å². The lowest BCUT2D eigenvalue weighted by Crippen LogP contribution is -2.42. The van der Waals surface area contributed by atoms with Gasteiger partial charge in [-0.2, -0.15) is 4.31 Å². The van der Waals surface area contributed by atoms with Crippen LogP contribution in [0.5, 0.6) is 5.75 Å². The fourth-order valence-electron chi connectivity index (χ4n) is 3.63. The lowest BCUT2D eigenvalue weighted by molar-refractivity contribution is 0.0500. The summed E-state index contributed by atoms with van der Waals surface area (Å²) < 4.78 is 38.6. The van der Waals surface area contributed by atoms with Crippen LogP contribution >= 0.6 is 0 Å². The number of aromatic nitrogens is 1. The standard InChI is InChI=1S/C22H28N2O5S/c1-17-7-3-4-13-24(17)30(26,27)21-15-19(10-11-20(21)28-2)22(25)29-14-6-9-18-8-5-12-23-16-18/h5,8,10-12,15-17H,3-4,6-7,9,13-14H2,1-2H3. The van der Waals surface area contributed by atoms with Gasteiger partial charge in [-0.25, -0.2) is 13.2 Å². The van der Waals surface area contributed by atoms with E-state index in [2.05, 4.69) is 4.98 Å². The molecule has 1 unspecified atom stereocenters. The monoisotopic (exact) mass is 432 g/mol. The van der Waals surface area contributed by atoms with E-state index in [1.54, 1.807) is 12.4 Å². The van der Waals surface area contributed by atoms with Crippen LogP contribution in [-0.2, 0) is 21.2 Å². The molecule has 0 amide bonds. The van der Waals surface area contributed by atoms with Crippen LogP contribution < -0.4 is 4.74 Å². The summed E-state index contributed by atoms with van der Waals surface area (Å²) in [5.41, 5.74) is 1.27. The van der Waals surface area contributed by atoms with Crippen LogP contribution in [0.15, 0.2) is 47.6 Å². The maximum absolute atomic E-state index is 13.3. The van der Waals surface area contributed by atoms with Crippen molar-refractivity contribution in [2.45, 2.75) is 50.0 Å². The summed E-state index contributed by atoms with van der Waals surface area (Å²) in [6.07, 6.45) is 7.55. The van der Waals surface area contributed by atoms with Crippen LogP contribution in [-0.4, -0.2) is 50.0 Å². The smallest absolute Gasteiger partial charge is 0.338 e. The van der Waals surface area contributed by atoms with Crippen molar-refractivity contribution >= 4 is 16.0 Å². The Morgan fingerprint density at radius 3 is 2.80 bits per heavy atom. The van der Waals surface area contributed by atoms with E-state index in [1.165, 1.54) is 29.6 Å². The molecule has 0 saturated carbocycles. The van der Waals surface area contributed by atoms with Crippen LogP contribution in [0.2, 0.25) is 0 Å². The topological polar surface area (TPSA) is 85.8 Å². The van der Waals surface area contributed by atoms with Gasteiger partial charge in [0.1, 0.15) is 10.6 Å². The molecule has 2 heterocycles. The first-order chi connectivity index (χ1) is 14.4. The summed E-state index contributed by atoms with van der Waals surface area (Å²) in [5.74, 6) is -0.326. The minimum atomic E-state index is -3.78. The Morgan fingerprint density at radius 1 is 1.27 bits per heavy atom. The Balaban J connectivity index is 1.71. The van der Waals surface area contributed by atoms with Crippen LogP contribution in [0.25, 0.3) is 0 Å². The fraction of sp³-hybridized carbons (Fsp3) is 0.455. The highest BCUT2D eigenvalue weighted by molar-refractivity contribution is 7.89. The predicted octanol–water partition coefficient (Wildman–Crippen LogP) is 3.44. The largest absolute Gasteiger partial charge is 0.495 e. The number of ether oxygens (including phenoxy) is 2. The van der Waals surface area contributed by atoms with E-state index in [4.69, 9.17) is 9.47 Å². The van der Waals surface area contributed by atoms with Crippen molar-refractivity contribution < 1.29 is 22.7 Å². The van der Waals surface area contributed by atoms with Gasteiger partial charge in [-0.05, 0) is 62.4 Å². The average Bonchev–Trinajstić information content (AvgIpc) is 2.77. The molecule has 1 fully saturated rings. The van der Waals surface area contributed by atoms with Gasteiger partial charge in [0.25, 0.3) is 0 Å². The zero-order valence-electron chi connectivity index (χ0n) is 17.4. The predicted molar refractivity (Wildman–Crippen MR) is 113 cm³/mol. The summed E-state index contributed by atoms with van der Waals surface area (Å²) in [5, 5.41) is 0. The number of benzene rings is 1. The Kier molecular flexibility index (Phi) is 7.44. The van der Waals surface area contributed by atoms with Crippen LogP contribution in [0.1, 0.15) is 48.5 Å². The normalized spacial score (nSPS) is 17.5. The van der Waals surface area contributed by atoms with Crippen molar-refractivity contribution in [3.8, 4) is 5.75 Å².